The second-order valence-electron chi connectivity index (χ2n) is 9.13. The fourth-order valence-corrected chi connectivity index (χ4v) is 4.71. The lowest BCUT2D eigenvalue weighted by molar-refractivity contribution is -0.149. The van der Waals surface area contributed by atoms with Gasteiger partial charge in [-0.15, -0.1) is 0 Å². The van der Waals surface area contributed by atoms with E-state index in [0.717, 1.165) is 28.9 Å². The summed E-state index contributed by atoms with van der Waals surface area (Å²) in [6.07, 6.45) is 3.16. The standard InChI is InChI=1S/C26H27BrF2N2O4/c27-20-6-2-1-4-18(20)15-35-26(34)22(12-16-8-9-16)30-23(32)13-19-10-11-24(33)31(19)14-17-5-3-7-21(28)25(17)29/h1-7,16,19,22H,8-15H2,(H,30,32)/t19-,22-/m0/s1. The lowest BCUT2D eigenvalue weighted by Gasteiger charge is -2.26. The number of rotatable bonds is 10. The molecule has 1 aliphatic heterocycles. The average Bonchev–Trinajstić information content (AvgIpc) is 3.59. The second kappa shape index (κ2) is 11.3. The number of hydrogen-bond donors (Lipinski definition) is 1. The summed E-state index contributed by atoms with van der Waals surface area (Å²) in [5.41, 5.74) is 0.884. The Labute approximate surface area is 211 Å². The smallest absolute Gasteiger partial charge is 0.328 e. The van der Waals surface area contributed by atoms with Crippen LogP contribution in [0.3, 0.4) is 0 Å². The molecule has 1 N–H and O–H groups in total. The van der Waals surface area contributed by atoms with Crippen LogP contribution in [0, 0.1) is 17.6 Å². The number of ether oxygens (including phenoxy) is 1. The fourth-order valence-electron chi connectivity index (χ4n) is 4.31. The monoisotopic (exact) mass is 548 g/mol. The molecule has 0 aromatic heterocycles. The van der Waals surface area contributed by atoms with E-state index >= 15 is 0 Å². The summed E-state index contributed by atoms with van der Waals surface area (Å²) >= 11 is 3.43. The van der Waals surface area contributed by atoms with E-state index < -0.39 is 29.7 Å². The number of carbonyl (C=O) groups excluding carboxylic acids is 3. The van der Waals surface area contributed by atoms with E-state index in [1.165, 1.54) is 17.0 Å². The van der Waals surface area contributed by atoms with Crippen molar-refractivity contribution in [1.29, 1.82) is 0 Å². The van der Waals surface area contributed by atoms with Gasteiger partial charge in [-0.2, -0.15) is 0 Å². The van der Waals surface area contributed by atoms with E-state index in [-0.39, 0.29) is 43.4 Å². The van der Waals surface area contributed by atoms with Crippen LogP contribution in [0.25, 0.3) is 0 Å². The van der Waals surface area contributed by atoms with Crippen LogP contribution in [-0.4, -0.2) is 34.8 Å². The number of halogens is 3. The summed E-state index contributed by atoms with van der Waals surface area (Å²) in [6.45, 7) is -0.0265. The minimum absolute atomic E-state index is 0.0264. The van der Waals surface area contributed by atoms with E-state index in [9.17, 15) is 23.2 Å². The maximum Gasteiger partial charge on any atom is 0.328 e. The quantitative estimate of drug-likeness (QED) is 0.439. The molecular weight excluding hydrogens is 522 g/mol. The summed E-state index contributed by atoms with van der Waals surface area (Å²) in [5, 5.41) is 2.79. The first-order valence-corrected chi connectivity index (χ1v) is 12.5. The van der Waals surface area contributed by atoms with E-state index in [1.807, 2.05) is 24.3 Å². The van der Waals surface area contributed by atoms with Crippen LogP contribution >= 0.6 is 15.9 Å². The molecule has 0 spiro atoms. The molecule has 0 bridgehead atoms. The predicted octanol–water partition coefficient (Wildman–Crippen LogP) is 4.64. The molecule has 0 unspecified atom stereocenters. The molecule has 1 aliphatic carbocycles. The number of benzene rings is 2. The lowest BCUT2D eigenvalue weighted by Crippen LogP contribution is -2.44. The highest BCUT2D eigenvalue weighted by atomic mass is 79.9. The van der Waals surface area contributed by atoms with Crippen LogP contribution in [0.1, 0.15) is 49.7 Å². The van der Waals surface area contributed by atoms with Crippen molar-refractivity contribution in [3.05, 3.63) is 69.7 Å². The van der Waals surface area contributed by atoms with Crippen LogP contribution in [-0.2, 0) is 32.3 Å². The summed E-state index contributed by atoms with van der Waals surface area (Å²) in [4.78, 5) is 39.5. The van der Waals surface area contributed by atoms with Crippen molar-refractivity contribution < 1.29 is 27.9 Å². The lowest BCUT2D eigenvalue weighted by atomic mass is 10.1. The zero-order valence-corrected chi connectivity index (χ0v) is 20.7. The van der Waals surface area contributed by atoms with Crippen molar-refractivity contribution >= 4 is 33.7 Å². The molecule has 1 heterocycles. The number of esters is 1. The van der Waals surface area contributed by atoms with Crippen LogP contribution in [0.5, 0.6) is 0 Å². The minimum Gasteiger partial charge on any atom is -0.459 e. The molecular formula is C26H27BrF2N2O4. The van der Waals surface area contributed by atoms with Gasteiger partial charge in [0, 0.05) is 41.0 Å². The summed E-state index contributed by atoms with van der Waals surface area (Å²) in [5.74, 6) is -2.69. The van der Waals surface area contributed by atoms with Crippen molar-refractivity contribution in [3.8, 4) is 0 Å². The summed E-state index contributed by atoms with van der Waals surface area (Å²) in [7, 11) is 0. The molecule has 186 valence electrons. The first kappa shape index (κ1) is 25.3. The van der Waals surface area contributed by atoms with Crippen molar-refractivity contribution in [2.45, 2.75) is 63.8 Å². The molecule has 4 rings (SSSR count). The Hall–Kier alpha value is -2.81. The fraction of sp³-hybridized carbons (Fsp3) is 0.423. The SMILES string of the molecule is O=C(C[C@@H]1CCC(=O)N1Cc1cccc(F)c1F)N[C@@H](CC1CC1)C(=O)OCc1ccccc1Br. The molecule has 2 fully saturated rings. The Bertz CT molecular complexity index is 1110. The van der Waals surface area contributed by atoms with Gasteiger partial charge in [0.1, 0.15) is 12.6 Å². The highest BCUT2D eigenvalue weighted by molar-refractivity contribution is 9.10. The van der Waals surface area contributed by atoms with Gasteiger partial charge in [-0.3, -0.25) is 9.59 Å². The Morgan fingerprint density at radius 1 is 1.09 bits per heavy atom. The summed E-state index contributed by atoms with van der Waals surface area (Å²) < 4.78 is 34.0. The predicted molar refractivity (Wildman–Crippen MR) is 128 cm³/mol. The minimum atomic E-state index is -0.993. The van der Waals surface area contributed by atoms with Crippen molar-refractivity contribution in [1.82, 2.24) is 10.2 Å². The molecule has 2 aromatic carbocycles. The third-order valence-electron chi connectivity index (χ3n) is 6.46. The third-order valence-corrected chi connectivity index (χ3v) is 7.23. The first-order chi connectivity index (χ1) is 16.8. The van der Waals surface area contributed by atoms with Crippen LogP contribution in [0.2, 0.25) is 0 Å². The van der Waals surface area contributed by atoms with Gasteiger partial charge in [-0.1, -0.05) is 59.1 Å². The molecule has 0 radical (unpaired) electrons. The molecule has 2 amide bonds. The molecule has 1 saturated carbocycles. The first-order valence-electron chi connectivity index (χ1n) is 11.7. The van der Waals surface area contributed by atoms with Gasteiger partial charge in [0.05, 0.1) is 0 Å². The van der Waals surface area contributed by atoms with Crippen molar-refractivity contribution in [3.63, 3.8) is 0 Å². The number of nitrogens with one attached hydrogen (secondary N) is 1. The van der Waals surface area contributed by atoms with Gasteiger partial charge in [-0.05, 0) is 30.9 Å². The average molecular weight is 549 g/mol. The molecule has 9 heteroatoms. The van der Waals surface area contributed by atoms with E-state index in [1.54, 1.807) is 0 Å². The second-order valence-corrected chi connectivity index (χ2v) is 9.98. The normalized spacial score (nSPS) is 18.4. The zero-order chi connectivity index (χ0) is 24.9. The van der Waals surface area contributed by atoms with Gasteiger partial charge in [0.15, 0.2) is 11.6 Å². The van der Waals surface area contributed by atoms with Crippen molar-refractivity contribution in [2.24, 2.45) is 5.92 Å². The Morgan fingerprint density at radius 3 is 2.57 bits per heavy atom. The number of amides is 2. The third kappa shape index (κ3) is 6.66. The van der Waals surface area contributed by atoms with E-state index in [0.29, 0.717) is 18.8 Å². The number of likely N-dealkylation sites (tertiary alicyclic amines) is 1. The molecule has 1 saturated heterocycles. The molecule has 2 atom stereocenters. The highest BCUT2D eigenvalue weighted by Crippen LogP contribution is 2.34. The molecule has 2 aliphatic rings. The van der Waals surface area contributed by atoms with Gasteiger partial charge in [0.25, 0.3) is 0 Å². The molecule has 2 aromatic rings. The largest absolute Gasteiger partial charge is 0.459 e. The van der Waals surface area contributed by atoms with E-state index in [4.69, 9.17) is 4.74 Å². The van der Waals surface area contributed by atoms with Gasteiger partial charge >= 0.3 is 5.97 Å². The van der Waals surface area contributed by atoms with Crippen LogP contribution in [0.4, 0.5) is 8.78 Å². The van der Waals surface area contributed by atoms with Gasteiger partial charge < -0.3 is 15.0 Å². The number of hydrogen-bond acceptors (Lipinski definition) is 4. The Morgan fingerprint density at radius 2 is 1.83 bits per heavy atom. The number of nitrogens with zero attached hydrogens (tertiary/aromatic N) is 1. The Balaban J connectivity index is 1.36. The summed E-state index contributed by atoms with van der Waals surface area (Å²) in [6, 6.07) is 10.0. The van der Waals surface area contributed by atoms with Gasteiger partial charge in [-0.25, -0.2) is 13.6 Å². The van der Waals surface area contributed by atoms with Crippen LogP contribution < -0.4 is 5.32 Å². The maximum atomic E-state index is 14.1. The van der Waals surface area contributed by atoms with E-state index in [2.05, 4.69) is 21.2 Å². The maximum absolute atomic E-state index is 14.1. The van der Waals surface area contributed by atoms with Crippen LogP contribution in [0.15, 0.2) is 46.9 Å². The molecule has 6 nitrogen and oxygen atoms in total. The number of carbonyl (C=O) groups is 3. The molecule has 35 heavy (non-hydrogen) atoms. The van der Waals surface area contributed by atoms with Crippen molar-refractivity contribution in [2.75, 3.05) is 0 Å². The Kier molecular flexibility index (Phi) is 8.15. The highest BCUT2D eigenvalue weighted by Gasteiger charge is 2.35. The topological polar surface area (TPSA) is 75.7 Å². The van der Waals surface area contributed by atoms with Gasteiger partial charge in [0.2, 0.25) is 11.8 Å². The zero-order valence-electron chi connectivity index (χ0n) is 19.1.